The summed E-state index contributed by atoms with van der Waals surface area (Å²) in [4.78, 5) is 21.3. The number of nitriles is 2. The number of anilines is 4. The quantitative estimate of drug-likeness (QED) is 0.383. The highest BCUT2D eigenvalue weighted by Gasteiger charge is 2.18. The van der Waals surface area contributed by atoms with Crippen molar-refractivity contribution >= 4 is 35.2 Å². The van der Waals surface area contributed by atoms with E-state index in [1.165, 1.54) is 12.3 Å². The molecule has 1 aromatic heterocycles. The third kappa shape index (κ3) is 5.72. The van der Waals surface area contributed by atoms with Crippen molar-refractivity contribution in [2.75, 3.05) is 17.2 Å². The molecule has 0 radical (unpaired) electrons. The van der Waals surface area contributed by atoms with Gasteiger partial charge in [-0.15, -0.1) is 0 Å². The van der Waals surface area contributed by atoms with E-state index in [0.29, 0.717) is 17.1 Å². The molecule has 2 aromatic carbocycles. The molecule has 33 heavy (non-hydrogen) atoms. The van der Waals surface area contributed by atoms with E-state index in [-0.39, 0.29) is 18.1 Å². The van der Waals surface area contributed by atoms with E-state index in [9.17, 15) is 4.79 Å². The molecule has 0 atom stereocenters. The number of hydrogen-bond acceptors (Lipinski definition) is 8. The molecule has 8 nitrogen and oxygen atoms in total. The Labute approximate surface area is 192 Å². The second-order valence-corrected chi connectivity index (χ2v) is 7.11. The van der Waals surface area contributed by atoms with E-state index in [1.54, 1.807) is 37.3 Å². The third-order valence-corrected chi connectivity index (χ3v) is 4.70. The summed E-state index contributed by atoms with van der Waals surface area (Å²) in [7, 11) is 0. The zero-order valence-corrected chi connectivity index (χ0v) is 18.5. The third-order valence-electron chi connectivity index (χ3n) is 4.70. The van der Waals surface area contributed by atoms with Gasteiger partial charge in [0.15, 0.2) is 5.82 Å². The number of hydrogen-bond donors (Lipinski definition) is 2. The second kappa shape index (κ2) is 10.6. The summed E-state index contributed by atoms with van der Waals surface area (Å²) in [6, 6.07) is 14.8. The van der Waals surface area contributed by atoms with Gasteiger partial charge < -0.3 is 15.4 Å². The summed E-state index contributed by atoms with van der Waals surface area (Å²) in [5, 5.41) is 24.1. The predicted octanol–water partition coefficient (Wildman–Crippen LogP) is 5.17. The summed E-state index contributed by atoms with van der Waals surface area (Å²) >= 11 is 0. The lowest BCUT2D eigenvalue weighted by atomic mass is 10.0. The number of carbonyl (C=O) groups excluding carboxylic acids is 1. The van der Waals surface area contributed by atoms with Crippen molar-refractivity contribution in [1.82, 2.24) is 9.97 Å². The highest BCUT2D eigenvalue weighted by atomic mass is 16.5. The van der Waals surface area contributed by atoms with Crippen LogP contribution in [0.2, 0.25) is 0 Å². The zero-order chi connectivity index (χ0) is 23.8. The maximum Gasteiger partial charge on any atom is 0.343 e. The number of allylic oxidation sites excluding steroid dienone is 1. The SMILES string of the molecule is CCOC(=O)c1cnc(Nc2ccc(C#N)cc2)nc1Nc1c(C)cc(C=CC#N)cc1C. The van der Waals surface area contributed by atoms with Gasteiger partial charge in [0.1, 0.15) is 5.56 Å². The molecule has 0 unspecified atom stereocenters. The molecule has 0 aliphatic heterocycles. The minimum absolute atomic E-state index is 0.203. The van der Waals surface area contributed by atoms with Crippen molar-refractivity contribution < 1.29 is 9.53 Å². The summed E-state index contributed by atoms with van der Waals surface area (Å²) < 4.78 is 5.16. The fourth-order valence-electron chi connectivity index (χ4n) is 3.20. The monoisotopic (exact) mass is 438 g/mol. The molecule has 164 valence electrons. The van der Waals surface area contributed by atoms with Crippen LogP contribution in [0.25, 0.3) is 6.08 Å². The van der Waals surface area contributed by atoms with E-state index in [4.69, 9.17) is 15.3 Å². The molecule has 8 heteroatoms. The number of aryl methyl sites for hydroxylation is 2. The summed E-state index contributed by atoms with van der Waals surface area (Å²) in [6.07, 6.45) is 4.57. The lowest BCUT2D eigenvalue weighted by Crippen LogP contribution is -2.12. The van der Waals surface area contributed by atoms with Crippen LogP contribution in [0.4, 0.5) is 23.1 Å². The summed E-state index contributed by atoms with van der Waals surface area (Å²) in [6.45, 7) is 5.82. The molecule has 3 aromatic rings. The van der Waals surface area contributed by atoms with Gasteiger partial charge in [0.05, 0.1) is 24.3 Å². The number of ether oxygens (including phenoxy) is 1. The van der Waals surface area contributed by atoms with E-state index < -0.39 is 5.97 Å². The average Bonchev–Trinajstić information content (AvgIpc) is 2.81. The Kier molecular flexibility index (Phi) is 7.35. The molecule has 2 N–H and O–H groups in total. The highest BCUT2D eigenvalue weighted by molar-refractivity contribution is 5.95. The Hall–Kier alpha value is -4.69. The van der Waals surface area contributed by atoms with Crippen LogP contribution in [-0.4, -0.2) is 22.5 Å². The molecule has 0 saturated heterocycles. The van der Waals surface area contributed by atoms with Crippen LogP contribution in [0.15, 0.2) is 48.7 Å². The van der Waals surface area contributed by atoms with Crippen LogP contribution in [0.5, 0.6) is 0 Å². The number of nitrogens with zero attached hydrogens (tertiary/aromatic N) is 4. The van der Waals surface area contributed by atoms with Crippen molar-refractivity contribution in [3.05, 3.63) is 76.5 Å². The fraction of sp³-hybridized carbons (Fsp3) is 0.160. The Balaban J connectivity index is 1.98. The number of rotatable bonds is 7. The number of carbonyl (C=O) groups is 1. The van der Waals surface area contributed by atoms with E-state index in [1.807, 2.05) is 32.0 Å². The first kappa shape index (κ1) is 23.0. The predicted molar refractivity (Wildman–Crippen MR) is 126 cm³/mol. The van der Waals surface area contributed by atoms with Gasteiger partial charge >= 0.3 is 5.97 Å². The molecular weight excluding hydrogens is 416 g/mol. The zero-order valence-electron chi connectivity index (χ0n) is 18.5. The topological polar surface area (TPSA) is 124 Å². The van der Waals surface area contributed by atoms with Crippen molar-refractivity contribution in [3.8, 4) is 12.1 Å². The Morgan fingerprint density at radius 3 is 2.42 bits per heavy atom. The first-order valence-electron chi connectivity index (χ1n) is 10.2. The maximum atomic E-state index is 12.5. The van der Waals surface area contributed by atoms with E-state index in [0.717, 1.165) is 22.4 Å². The standard InChI is InChI=1S/C25H22N6O2/c1-4-33-24(32)21-15-28-25(29-20-9-7-18(14-27)8-10-20)31-23(21)30-22-16(2)12-19(6-5-11-26)13-17(22)3/h5-10,12-13,15H,4H2,1-3H3,(H2,28,29,30,31). The van der Waals surface area contributed by atoms with Crippen LogP contribution in [0.1, 0.15) is 39.5 Å². The van der Waals surface area contributed by atoms with Gasteiger partial charge in [-0.05, 0) is 79.9 Å². The smallest absolute Gasteiger partial charge is 0.343 e. The molecule has 0 aliphatic rings. The lowest BCUT2D eigenvalue weighted by molar-refractivity contribution is 0.0526. The largest absolute Gasteiger partial charge is 0.462 e. The van der Waals surface area contributed by atoms with Crippen molar-refractivity contribution in [2.45, 2.75) is 20.8 Å². The highest BCUT2D eigenvalue weighted by Crippen LogP contribution is 2.28. The van der Waals surface area contributed by atoms with E-state index in [2.05, 4.69) is 26.7 Å². The molecule has 0 saturated carbocycles. The van der Waals surface area contributed by atoms with Crippen LogP contribution >= 0.6 is 0 Å². The van der Waals surface area contributed by atoms with Crippen molar-refractivity contribution in [2.24, 2.45) is 0 Å². The number of esters is 1. The molecule has 3 rings (SSSR count). The minimum Gasteiger partial charge on any atom is -0.462 e. The van der Waals surface area contributed by atoms with Gasteiger partial charge in [0, 0.05) is 23.6 Å². The van der Waals surface area contributed by atoms with Gasteiger partial charge in [-0.3, -0.25) is 0 Å². The summed E-state index contributed by atoms with van der Waals surface area (Å²) in [5.41, 5.74) is 4.97. The first-order chi connectivity index (χ1) is 15.9. The van der Waals surface area contributed by atoms with Crippen LogP contribution in [-0.2, 0) is 4.74 Å². The first-order valence-corrected chi connectivity index (χ1v) is 10.2. The van der Waals surface area contributed by atoms with Gasteiger partial charge in [-0.2, -0.15) is 15.5 Å². The lowest BCUT2D eigenvalue weighted by Gasteiger charge is -2.16. The fourth-order valence-corrected chi connectivity index (χ4v) is 3.20. The molecule has 0 bridgehead atoms. The van der Waals surface area contributed by atoms with Gasteiger partial charge in [-0.25, -0.2) is 9.78 Å². The molecular formula is C25H22N6O2. The molecule has 0 aliphatic carbocycles. The number of benzene rings is 2. The Morgan fingerprint density at radius 2 is 1.82 bits per heavy atom. The van der Waals surface area contributed by atoms with Crippen molar-refractivity contribution in [3.63, 3.8) is 0 Å². The summed E-state index contributed by atoms with van der Waals surface area (Å²) in [5.74, 6) is 0.0408. The van der Waals surface area contributed by atoms with Crippen LogP contribution in [0.3, 0.4) is 0 Å². The molecule has 0 spiro atoms. The number of nitrogens with one attached hydrogen (secondary N) is 2. The Bertz CT molecular complexity index is 1260. The molecule has 1 heterocycles. The van der Waals surface area contributed by atoms with Gasteiger partial charge in [0.2, 0.25) is 5.95 Å². The van der Waals surface area contributed by atoms with Crippen LogP contribution < -0.4 is 10.6 Å². The minimum atomic E-state index is -0.534. The molecule has 0 amide bonds. The Morgan fingerprint density at radius 1 is 1.12 bits per heavy atom. The molecule has 0 fully saturated rings. The van der Waals surface area contributed by atoms with Gasteiger partial charge in [-0.1, -0.05) is 0 Å². The van der Waals surface area contributed by atoms with Crippen molar-refractivity contribution in [1.29, 1.82) is 10.5 Å². The van der Waals surface area contributed by atoms with Gasteiger partial charge in [0.25, 0.3) is 0 Å². The number of aromatic nitrogens is 2. The van der Waals surface area contributed by atoms with Crippen LogP contribution in [0, 0.1) is 36.5 Å². The maximum absolute atomic E-state index is 12.5. The second-order valence-electron chi connectivity index (χ2n) is 7.11. The van der Waals surface area contributed by atoms with E-state index >= 15 is 0 Å². The average molecular weight is 438 g/mol. The normalized spacial score (nSPS) is 10.3.